The van der Waals surface area contributed by atoms with Gasteiger partial charge in [0.05, 0.1) is 16.0 Å². The number of halogens is 2. The van der Waals surface area contributed by atoms with E-state index in [1.165, 1.54) is 58.4 Å². The Morgan fingerprint density at radius 2 is 2.00 bits per heavy atom. The number of para-hydroxylation sites is 1. The fourth-order valence-corrected chi connectivity index (χ4v) is 6.90. The number of hydrogen-bond donors (Lipinski definition) is 1. The lowest BCUT2D eigenvalue weighted by Gasteiger charge is -2.26. The molecule has 0 radical (unpaired) electrons. The number of aromatic nitrogens is 2. The summed E-state index contributed by atoms with van der Waals surface area (Å²) in [4.78, 5) is 20.3. The average Bonchev–Trinajstić information content (AvgIpc) is 3.19. The number of nitrogens with zero attached hydrogens (tertiary/aromatic N) is 4. The molecule has 0 saturated heterocycles. The molecule has 34 heavy (non-hydrogen) atoms. The van der Waals surface area contributed by atoms with Crippen LogP contribution in [0.15, 0.2) is 53.7 Å². The van der Waals surface area contributed by atoms with E-state index < -0.39 is 26.5 Å². The van der Waals surface area contributed by atoms with Crippen molar-refractivity contribution in [2.24, 2.45) is 0 Å². The van der Waals surface area contributed by atoms with Crippen LogP contribution in [0.25, 0.3) is 10.2 Å². The highest BCUT2D eigenvalue weighted by Crippen LogP contribution is 2.40. The molecule has 0 aliphatic carbocycles. The number of benzene rings is 2. The van der Waals surface area contributed by atoms with Crippen LogP contribution in [0.1, 0.15) is 10.4 Å². The van der Waals surface area contributed by atoms with E-state index >= 15 is 0 Å². The first-order chi connectivity index (χ1) is 16.3. The van der Waals surface area contributed by atoms with E-state index in [1.807, 2.05) is 0 Å². The Labute approximate surface area is 202 Å². The maximum atomic E-state index is 14.3. The van der Waals surface area contributed by atoms with Crippen molar-refractivity contribution >= 4 is 60.4 Å². The van der Waals surface area contributed by atoms with Crippen LogP contribution in [0.4, 0.5) is 21.6 Å². The summed E-state index contributed by atoms with van der Waals surface area (Å²) in [5.41, 5.74) is 0.596. The van der Waals surface area contributed by atoms with Gasteiger partial charge in [0.15, 0.2) is 4.90 Å². The fourth-order valence-electron chi connectivity index (χ4n) is 3.89. The molecule has 1 aliphatic heterocycles. The topological polar surface area (TPSA) is 118 Å². The zero-order valence-corrected chi connectivity index (χ0v) is 19.6. The Balaban J connectivity index is 1.51. The second kappa shape index (κ2) is 8.55. The van der Waals surface area contributed by atoms with E-state index in [0.29, 0.717) is 22.5 Å². The first-order valence-electron chi connectivity index (χ1n) is 9.96. The van der Waals surface area contributed by atoms with Crippen molar-refractivity contribution in [1.29, 1.82) is 0 Å². The smallest absolute Gasteiger partial charge is 0.289 e. The highest BCUT2D eigenvalue weighted by Gasteiger charge is 2.35. The number of thiophene rings is 1. The molecule has 13 heteroatoms. The predicted molar refractivity (Wildman–Crippen MR) is 127 cm³/mol. The number of sulfonamides is 1. The summed E-state index contributed by atoms with van der Waals surface area (Å²) in [6.07, 6.45) is 1.70. The molecule has 1 aliphatic rings. The molecule has 1 N–H and O–H groups in total. The highest BCUT2D eigenvalue weighted by molar-refractivity contribution is 7.89. The van der Waals surface area contributed by atoms with Crippen molar-refractivity contribution in [2.75, 3.05) is 11.9 Å². The summed E-state index contributed by atoms with van der Waals surface area (Å²) in [6, 6.07) is 9.54. The normalized spacial score (nSPS) is 14.2. The maximum absolute atomic E-state index is 14.3. The molecule has 0 unspecified atom stereocenters. The van der Waals surface area contributed by atoms with Gasteiger partial charge < -0.3 is 5.32 Å². The zero-order valence-electron chi connectivity index (χ0n) is 17.2. The molecule has 2 aromatic carbocycles. The Kier molecular flexibility index (Phi) is 5.68. The molecule has 0 spiro atoms. The first kappa shape index (κ1) is 22.6. The minimum Gasteiger partial charge on any atom is -0.337 e. The van der Waals surface area contributed by atoms with Crippen molar-refractivity contribution in [2.45, 2.75) is 17.9 Å². The van der Waals surface area contributed by atoms with Crippen molar-refractivity contribution < 1.29 is 17.7 Å². The molecular formula is C21H15ClFN5O4S2. The van der Waals surface area contributed by atoms with E-state index in [2.05, 4.69) is 15.3 Å². The van der Waals surface area contributed by atoms with Crippen molar-refractivity contribution in [1.82, 2.24) is 14.3 Å². The van der Waals surface area contributed by atoms with Gasteiger partial charge in [0.2, 0.25) is 10.0 Å². The second-order valence-corrected chi connectivity index (χ2v) is 10.9. The van der Waals surface area contributed by atoms with Gasteiger partial charge >= 0.3 is 0 Å². The Hall–Kier alpha value is -3.19. The molecule has 0 atom stereocenters. The third kappa shape index (κ3) is 3.88. The van der Waals surface area contributed by atoms with E-state index in [9.17, 15) is 22.9 Å². The Bertz CT molecular complexity index is 1560. The largest absolute Gasteiger partial charge is 0.337 e. The summed E-state index contributed by atoms with van der Waals surface area (Å²) in [5.74, 6) is -0.135. The average molecular weight is 520 g/mol. The van der Waals surface area contributed by atoms with E-state index in [1.54, 1.807) is 6.07 Å². The van der Waals surface area contributed by atoms with Gasteiger partial charge in [-0.15, -0.1) is 11.3 Å². The van der Waals surface area contributed by atoms with Crippen molar-refractivity contribution in [3.05, 3.63) is 80.2 Å². The van der Waals surface area contributed by atoms with Gasteiger partial charge in [0.1, 0.15) is 22.8 Å². The van der Waals surface area contributed by atoms with Gasteiger partial charge in [-0.25, -0.2) is 22.8 Å². The van der Waals surface area contributed by atoms with Gasteiger partial charge in [-0.3, -0.25) is 10.1 Å². The highest BCUT2D eigenvalue weighted by atomic mass is 35.5. The van der Waals surface area contributed by atoms with E-state index in [4.69, 9.17) is 11.6 Å². The van der Waals surface area contributed by atoms with Crippen LogP contribution < -0.4 is 5.32 Å². The van der Waals surface area contributed by atoms with Gasteiger partial charge in [0.25, 0.3) is 5.69 Å². The molecule has 4 aromatic rings. The molecule has 5 rings (SSSR count). The molecule has 174 valence electrons. The lowest BCUT2D eigenvalue weighted by molar-refractivity contribution is -0.387. The van der Waals surface area contributed by atoms with Crippen LogP contribution in [0.2, 0.25) is 5.02 Å². The van der Waals surface area contributed by atoms with Crippen molar-refractivity contribution in [3.63, 3.8) is 0 Å². The van der Waals surface area contributed by atoms with E-state index in [0.717, 1.165) is 10.4 Å². The number of nitro benzene ring substituents is 1. The molecule has 9 nitrogen and oxygen atoms in total. The number of nitro groups is 1. The lowest BCUT2D eigenvalue weighted by Crippen LogP contribution is -2.35. The number of anilines is 2. The molecular weight excluding hydrogens is 505 g/mol. The van der Waals surface area contributed by atoms with Crippen molar-refractivity contribution in [3.8, 4) is 0 Å². The van der Waals surface area contributed by atoms with Crippen LogP contribution in [0.3, 0.4) is 0 Å². The lowest BCUT2D eigenvalue weighted by atomic mass is 10.1. The number of rotatable bonds is 5. The van der Waals surface area contributed by atoms with Gasteiger partial charge in [-0.2, -0.15) is 4.31 Å². The van der Waals surface area contributed by atoms with Crippen LogP contribution in [0.5, 0.6) is 0 Å². The zero-order chi connectivity index (χ0) is 24.0. The van der Waals surface area contributed by atoms with Gasteiger partial charge in [0, 0.05) is 29.1 Å². The minimum atomic E-state index is -4.10. The summed E-state index contributed by atoms with van der Waals surface area (Å²) < 4.78 is 42.0. The standard InChI is InChI=1S/C21H15ClFN5O4S2/c22-12-5-6-15(14(23)9-12)26-20-19-13-7-8-27(10-17(13)33-21(19)25-11-24-20)34(31,32)18-4-2-1-3-16(18)28(29)30/h1-6,9,11H,7-8,10H2,(H,24,25,26). The third-order valence-electron chi connectivity index (χ3n) is 5.47. The number of hydrogen-bond acceptors (Lipinski definition) is 8. The maximum Gasteiger partial charge on any atom is 0.289 e. The fraction of sp³-hybridized carbons (Fsp3) is 0.143. The molecule has 2 aromatic heterocycles. The minimum absolute atomic E-state index is 0.0412. The number of nitrogens with one attached hydrogen (secondary N) is 1. The number of fused-ring (bicyclic) bond motifs is 3. The SMILES string of the molecule is O=[N+]([O-])c1ccccc1S(=O)(=O)N1CCc2c(sc3ncnc(Nc4ccc(Cl)cc4F)c23)C1. The third-order valence-corrected chi connectivity index (χ3v) is 8.72. The van der Waals surface area contributed by atoms with Crippen LogP contribution >= 0.6 is 22.9 Å². The van der Waals surface area contributed by atoms with Crippen LogP contribution in [-0.2, 0) is 23.0 Å². The molecule has 0 fully saturated rings. The summed E-state index contributed by atoms with van der Waals surface area (Å²) in [7, 11) is -4.10. The van der Waals surface area contributed by atoms with Crippen LogP contribution in [0, 0.1) is 15.9 Å². The molecule has 3 heterocycles. The van der Waals surface area contributed by atoms with Crippen LogP contribution in [-0.4, -0.2) is 34.2 Å². The summed E-state index contributed by atoms with van der Waals surface area (Å²) in [6.45, 7) is 0.163. The Morgan fingerprint density at radius 3 is 2.76 bits per heavy atom. The summed E-state index contributed by atoms with van der Waals surface area (Å²) in [5, 5.41) is 15.3. The summed E-state index contributed by atoms with van der Waals surface area (Å²) >= 11 is 7.14. The Morgan fingerprint density at radius 1 is 1.21 bits per heavy atom. The van der Waals surface area contributed by atoms with E-state index in [-0.39, 0.29) is 28.7 Å². The second-order valence-electron chi connectivity index (χ2n) is 7.47. The van der Waals surface area contributed by atoms with Gasteiger partial charge in [-0.05, 0) is 36.2 Å². The quantitative estimate of drug-likeness (QED) is 0.295. The monoisotopic (exact) mass is 519 g/mol. The van der Waals surface area contributed by atoms with Gasteiger partial charge in [-0.1, -0.05) is 23.7 Å². The molecule has 0 bridgehead atoms. The molecule has 0 amide bonds. The molecule has 0 saturated carbocycles. The first-order valence-corrected chi connectivity index (χ1v) is 12.6. The predicted octanol–water partition coefficient (Wildman–Crippen LogP) is 4.88.